The van der Waals surface area contributed by atoms with Crippen molar-refractivity contribution in [1.82, 2.24) is 14.9 Å². The Bertz CT molecular complexity index is 857. The predicted octanol–water partition coefficient (Wildman–Crippen LogP) is 2.06. The number of nitrogens with one attached hydrogen (secondary N) is 1. The van der Waals surface area contributed by atoms with E-state index in [2.05, 4.69) is 10.3 Å². The highest BCUT2D eigenvalue weighted by Crippen LogP contribution is 2.32. The maximum Gasteiger partial charge on any atom is 0.348 e. The van der Waals surface area contributed by atoms with Crippen molar-refractivity contribution in [3.8, 4) is 5.75 Å². The van der Waals surface area contributed by atoms with Gasteiger partial charge in [-0.15, -0.1) is 0 Å². The van der Waals surface area contributed by atoms with Crippen LogP contribution in [0.1, 0.15) is 41.4 Å². The topological polar surface area (TPSA) is 73.2 Å². The minimum absolute atomic E-state index is 0.0140. The Morgan fingerprint density at radius 3 is 2.88 bits per heavy atom. The Hall–Kier alpha value is -2.63. The van der Waals surface area contributed by atoms with Gasteiger partial charge in [-0.1, -0.05) is 6.07 Å². The van der Waals surface area contributed by atoms with Gasteiger partial charge < -0.3 is 10.1 Å². The molecule has 0 spiro atoms. The molecule has 1 atom stereocenters. The first kappa shape index (κ1) is 17.2. The number of aromatic nitrogens is 2. The van der Waals surface area contributed by atoms with Crippen LogP contribution in [0.25, 0.3) is 0 Å². The second kappa shape index (κ2) is 7.09. The van der Waals surface area contributed by atoms with Crippen molar-refractivity contribution in [2.75, 3.05) is 7.11 Å². The molecule has 3 rings (SSSR count). The van der Waals surface area contributed by atoms with Gasteiger partial charge in [-0.05, 0) is 62.4 Å². The molecule has 1 amide bonds. The van der Waals surface area contributed by atoms with Gasteiger partial charge in [-0.2, -0.15) is 4.98 Å². The molecule has 1 aliphatic carbocycles. The molecule has 6 heteroatoms. The summed E-state index contributed by atoms with van der Waals surface area (Å²) >= 11 is 0. The second-order valence-corrected chi connectivity index (χ2v) is 6.48. The van der Waals surface area contributed by atoms with Crippen LogP contribution in [0, 0.1) is 13.8 Å². The van der Waals surface area contributed by atoms with Crippen molar-refractivity contribution in [2.45, 2.75) is 45.7 Å². The van der Waals surface area contributed by atoms with Crippen LogP contribution in [0.2, 0.25) is 0 Å². The van der Waals surface area contributed by atoms with E-state index < -0.39 is 0 Å². The fourth-order valence-corrected chi connectivity index (χ4v) is 3.42. The summed E-state index contributed by atoms with van der Waals surface area (Å²) in [4.78, 5) is 28.4. The molecule has 132 valence electrons. The third kappa shape index (κ3) is 3.73. The number of carbonyl (C=O) groups excluding carboxylic acids is 1. The molecule has 6 nitrogen and oxygen atoms in total. The molecule has 0 saturated carbocycles. The molecule has 0 saturated heterocycles. The molecular formula is C19H23N3O3. The van der Waals surface area contributed by atoms with Crippen molar-refractivity contribution >= 4 is 5.91 Å². The van der Waals surface area contributed by atoms with Crippen LogP contribution in [0.5, 0.6) is 5.75 Å². The Balaban J connectivity index is 1.76. The maximum absolute atomic E-state index is 12.5. The van der Waals surface area contributed by atoms with Crippen LogP contribution in [-0.4, -0.2) is 22.6 Å². The maximum atomic E-state index is 12.5. The van der Waals surface area contributed by atoms with Crippen molar-refractivity contribution in [2.24, 2.45) is 0 Å². The monoisotopic (exact) mass is 341 g/mol. The minimum atomic E-state index is -0.388. The van der Waals surface area contributed by atoms with Crippen LogP contribution in [0.4, 0.5) is 0 Å². The molecule has 25 heavy (non-hydrogen) atoms. The summed E-state index contributed by atoms with van der Waals surface area (Å²) < 4.78 is 6.68. The number of ether oxygens (including phenoxy) is 1. The van der Waals surface area contributed by atoms with Crippen molar-refractivity contribution in [3.63, 3.8) is 0 Å². The predicted molar refractivity (Wildman–Crippen MR) is 94.8 cm³/mol. The average Bonchev–Trinajstić information content (AvgIpc) is 2.58. The number of fused-ring (bicyclic) bond motifs is 1. The highest BCUT2D eigenvalue weighted by atomic mass is 16.5. The molecule has 0 fully saturated rings. The van der Waals surface area contributed by atoms with Gasteiger partial charge in [-0.3, -0.25) is 9.36 Å². The first-order valence-corrected chi connectivity index (χ1v) is 8.49. The number of benzene rings is 1. The summed E-state index contributed by atoms with van der Waals surface area (Å²) in [5.41, 5.74) is 3.35. The molecular weight excluding hydrogens is 318 g/mol. The zero-order valence-electron chi connectivity index (χ0n) is 14.8. The number of rotatable bonds is 4. The van der Waals surface area contributed by atoms with Gasteiger partial charge in [-0.25, -0.2) is 4.79 Å². The zero-order valence-corrected chi connectivity index (χ0v) is 14.8. The number of aryl methyl sites for hydroxylation is 3. The molecule has 0 bridgehead atoms. The smallest absolute Gasteiger partial charge is 0.348 e. The Kier molecular flexibility index (Phi) is 4.88. The summed E-state index contributed by atoms with van der Waals surface area (Å²) in [7, 11) is 1.65. The van der Waals surface area contributed by atoms with Crippen LogP contribution in [0.15, 0.2) is 29.1 Å². The largest absolute Gasteiger partial charge is 0.497 e. The number of hydrogen-bond acceptors (Lipinski definition) is 4. The lowest BCUT2D eigenvalue weighted by molar-refractivity contribution is -0.122. The first-order chi connectivity index (χ1) is 12.0. The lowest BCUT2D eigenvalue weighted by Gasteiger charge is -2.27. The van der Waals surface area contributed by atoms with Gasteiger partial charge >= 0.3 is 5.69 Å². The molecule has 0 aliphatic heterocycles. The van der Waals surface area contributed by atoms with Crippen LogP contribution >= 0.6 is 0 Å². The summed E-state index contributed by atoms with van der Waals surface area (Å²) in [6.45, 7) is 3.57. The van der Waals surface area contributed by atoms with E-state index in [4.69, 9.17) is 4.74 Å². The summed E-state index contributed by atoms with van der Waals surface area (Å²) in [6.07, 6.45) is 2.89. The fourth-order valence-electron chi connectivity index (χ4n) is 3.42. The van der Waals surface area contributed by atoms with E-state index in [0.29, 0.717) is 5.69 Å². The fraction of sp³-hybridized carbons (Fsp3) is 0.421. The number of methoxy groups -OCH3 is 1. The van der Waals surface area contributed by atoms with Gasteiger partial charge in [0.1, 0.15) is 12.3 Å². The zero-order chi connectivity index (χ0) is 18.0. The van der Waals surface area contributed by atoms with E-state index in [0.717, 1.165) is 36.3 Å². The van der Waals surface area contributed by atoms with Gasteiger partial charge in [0.25, 0.3) is 0 Å². The number of amides is 1. The number of carbonyl (C=O) groups is 1. The lowest BCUT2D eigenvalue weighted by atomic mass is 9.87. The molecule has 0 radical (unpaired) electrons. The summed E-state index contributed by atoms with van der Waals surface area (Å²) in [5.74, 6) is 0.656. The SMILES string of the molecule is COc1ccc2c(c1)CCCC2NC(=O)Cn1c(C)cc(C)nc1=O. The average molecular weight is 341 g/mol. The minimum Gasteiger partial charge on any atom is -0.497 e. The molecule has 1 unspecified atom stereocenters. The second-order valence-electron chi connectivity index (χ2n) is 6.48. The van der Waals surface area contributed by atoms with E-state index >= 15 is 0 Å². The lowest BCUT2D eigenvalue weighted by Crippen LogP contribution is -2.37. The van der Waals surface area contributed by atoms with Crippen LogP contribution < -0.4 is 15.7 Å². The van der Waals surface area contributed by atoms with Gasteiger partial charge in [0, 0.05) is 11.4 Å². The van der Waals surface area contributed by atoms with E-state index in [-0.39, 0.29) is 24.2 Å². The van der Waals surface area contributed by atoms with Gasteiger partial charge in [0.15, 0.2) is 0 Å². The normalized spacial score (nSPS) is 16.2. The van der Waals surface area contributed by atoms with E-state index in [1.165, 1.54) is 10.1 Å². The van der Waals surface area contributed by atoms with Crippen molar-refractivity contribution < 1.29 is 9.53 Å². The van der Waals surface area contributed by atoms with Crippen molar-refractivity contribution in [1.29, 1.82) is 0 Å². The van der Waals surface area contributed by atoms with E-state index in [9.17, 15) is 9.59 Å². The number of hydrogen-bond donors (Lipinski definition) is 1. The van der Waals surface area contributed by atoms with Crippen molar-refractivity contribution in [3.05, 3.63) is 57.3 Å². The van der Waals surface area contributed by atoms with Crippen LogP contribution in [0.3, 0.4) is 0 Å². The summed E-state index contributed by atoms with van der Waals surface area (Å²) in [5, 5.41) is 3.06. The molecule has 1 aliphatic rings. The van der Waals surface area contributed by atoms with Gasteiger partial charge in [0.05, 0.1) is 13.2 Å². The van der Waals surface area contributed by atoms with Gasteiger partial charge in [0.2, 0.25) is 5.91 Å². The Morgan fingerprint density at radius 2 is 2.16 bits per heavy atom. The quantitative estimate of drug-likeness (QED) is 0.924. The summed E-state index contributed by atoms with van der Waals surface area (Å²) in [6, 6.07) is 7.74. The standard InChI is InChI=1S/C19H23N3O3/c1-12-9-13(2)22(19(24)20-12)11-18(23)21-17-6-4-5-14-10-15(25-3)7-8-16(14)17/h7-10,17H,4-6,11H2,1-3H3,(H,21,23). The third-order valence-corrected chi connectivity index (χ3v) is 4.65. The van der Waals surface area contributed by atoms with E-state index in [1.807, 2.05) is 25.1 Å². The molecule has 2 aromatic rings. The Morgan fingerprint density at radius 1 is 1.36 bits per heavy atom. The first-order valence-electron chi connectivity index (χ1n) is 8.49. The molecule has 1 aromatic heterocycles. The van der Waals surface area contributed by atoms with Crippen LogP contribution in [-0.2, 0) is 17.8 Å². The third-order valence-electron chi connectivity index (χ3n) is 4.65. The molecule has 1 heterocycles. The molecule has 1 aromatic carbocycles. The molecule has 1 N–H and O–H groups in total. The Labute approximate surface area is 146 Å². The van der Waals surface area contributed by atoms with E-state index in [1.54, 1.807) is 20.1 Å². The highest BCUT2D eigenvalue weighted by molar-refractivity contribution is 5.76. The number of nitrogens with zero attached hydrogens (tertiary/aromatic N) is 2. The highest BCUT2D eigenvalue weighted by Gasteiger charge is 2.22.